The minimum Gasteiger partial charge on any atom is -0.507 e. The number of hydrogen-bond donors (Lipinski definition) is 2. The molecule has 0 bridgehead atoms. The Morgan fingerprint density at radius 3 is 2.24 bits per heavy atom. The Morgan fingerprint density at radius 1 is 1.10 bits per heavy atom. The number of hydrogen-bond acceptors (Lipinski definition) is 3. The number of aromatic hydroxyl groups is 1. The van der Waals surface area contributed by atoms with Gasteiger partial charge in [-0.25, -0.2) is 0 Å². The Hall–Kier alpha value is -0.720. The van der Waals surface area contributed by atoms with Crippen molar-refractivity contribution < 1.29 is 9.84 Å². The van der Waals surface area contributed by atoms with Crippen LogP contribution in [0.3, 0.4) is 0 Å². The number of nitrogens with one attached hydrogen (secondary N) is 1. The molecule has 0 radical (unpaired) electrons. The first-order valence-corrected chi connectivity index (χ1v) is 8.58. The summed E-state index contributed by atoms with van der Waals surface area (Å²) in [5.74, 6) is 0.841. The van der Waals surface area contributed by atoms with Crippen molar-refractivity contribution >= 4 is 53.5 Å². The molecule has 21 heavy (non-hydrogen) atoms. The lowest BCUT2D eigenvalue weighted by atomic mass is 10.1. The molecule has 2 aromatic carbocycles. The Labute approximate surface area is 149 Å². The normalized spacial score (nSPS) is 12.0. The lowest BCUT2D eigenvalue weighted by molar-refractivity contribution is 0.406. The molecule has 0 aliphatic carbocycles. The number of methoxy groups -OCH3 is 1. The topological polar surface area (TPSA) is 41.5 Å². The molecular formula is C15H14Br3NO2. The van der Waals surface area contributed by atoms with Gasteiger partial charge in [0.05, 0.1) is 18.8 Å². The van der Waals surface area contributed by atoms with Crippen LogP contribution in [-0.2, 0) is 0 Å². The summed E-state index contributed by atoms with van der Waals surface area (Å²) in [6.07, 6.45) is 0. The molecule has 2 N–H and O–H groups in total. The number of halogens is 3. The number of phenolic OH excluding ortho intramolecular Hbond substituents is 1. The van der Waals surface area contributed by atoms with E-state index in [2.05, 4.69) is 53.1 Å². The zero-order valence-electron chi connectivity index (χ0n) is 11.5. The molecule has 2 rings (SSSR count). The fourth-order valence-electron chi connectivity index (χ4n) is 1.99. The van der Waals surface area contributed by atoms with Crippen LogP contribution in [0.15, 0.2) is 43.7 Å². The molecule has 112 valence electrons. The summed E-state index contributed by atoms with van der Waals surface area (Å²) in [6, 6.07) is 9.16. The molecule has 0 amide bonds. The standard InChI is InChI=1S/C15H14Br3NO2/c1-8(11-4-3-10(21-2)7-14(11)20)19-15-12(17)5-9(16)6-13(15)18/h3-8,19-20H,1-2H3. The van der Waals surface area contributed by atoms with Gasteiger partial charge >= 0.3 is 0 Å². The first kappa shape index (κ1) is 16.6. The lowest BCUT2D eigenvalue weighted by Gasteiger charge is -2.19. The van der Waals surface area contributed by atoms with E-state index in [-0.39, 0.29) is 11.8 Å². The minimum absolute atomic E-state index is 0.0651. The van der Waals surface area contributed by atoms with E-state index in [1.807, 2.05) is 31.2 Å². The predicted molar refractivity (Wildman–Crippen MR) is 96.2 cm³/mol. The summed E-state index contributed by atoms with van der Waals surface area (Å²) >= 11 is 10.5. The van der Waals surface area contributed by atoms with Crippen LogP contribution < -0.4 is 10.1 Å². The van der Waals surface area contributed by atoms with Crippen LogP contribution in [0, 0.1) is 0 Å². The molecule has 1 atom stereocenters. The van der Waals surface area contributed by atoms with Gasteiger partial charge in [-0.3, -0.25) is 0 Å². The molecule has 0 spiro atoms. The quantitative estimate of drug-likeness (QED) is 0.577. The van der Waals surface area contributed by atoms with Crippen LogP contribution in [0.25, 0.3) is 0 Å². The van der Waals surface area contributed by atoms with Crippen molar-refractivity contribution in [1.82, 2.24) is 0 Å². The summed E-state index contributed by atoms with van der Waals surface area (Å²) < 4.78 is 7.95. The second-order valence-electron chi connectivity index (χ2n) is 4.54. The summed E-state index contributed by atoms with van der Waals surface area (Å²) in [6.45, 7) is 1.99. The van der Waals surface area contributed by atoms with E-state index in [4.69, 9.17) is 4.74 Å². The molecule has 0 fully saturated rings. The van der Waals surface area contributed by atoms with E-state index >= 15 is 0 Å². The van der Waals surface area contributed by atoms with Crippen molar-refractivity contribution in [1.29, 1.82) is 0 Å². The van der Waals surface area contributed by atoms with E-state index in [0.29, 0.717) is 5.75 Å². The van der Waals surface area contributed by atoms with Crippen LogP contribution in [0.5, 0.6) is 11.5 Å². The van der Waals surface area contributed by atoms with Gasteiger partial charge in [-0.15, -0.1) is 0 Å². The highest BCUT2D eigenvalue weighted by Crippen LogP contribution is 2.38. The van der Waals surface area contributed by atoms with Gasteiger partial charge in [-0.1, -0.05) is 15.9 Å². The van der Waals surface area contributed by atoms with Crippen LogP contribution in [-0.4, -0.2) is 12.2 Å². The maximum atomic E-state index is 10.1. The summed E-state index contributed by atoms with van der Waals surface area (Å²) in [4.78, 5) is 0. The summed E-state index contributed by atoms with van der Waals surface area (Å²) in [5, 5.41) is 13.5. The smallest absolute Gasteiger partial charge is 0.124 e. The van der Waals surface area contributed by atoms with Crippen molar-refractivity contribution in [2.45, 2.75) is 13.0 Å². The third-order valence-electron chi connectivity index (χ3n) is 3.07. The van der Waals surface area contributed by atoms with Crippen molar-refractivity contribution in [3.63, 3.8) is 0 Å². The largest absolute Gasteiger partial charge is 0.507 e. The molecular weight excluding hydrogens is 466 g/mol. The zero-order chi connectivity index (χ0) is 15.6. The van der Waals surface area contributed by atoms with E-state index in [0.717, 1.165) is 24.7 Å². The second-order valence-corrected chi connectivity index (χ2v) is 7.16. The Balaban J connectivity index is 2.28. The van der Waals surface area contributed by atoms with Gasteiger partial charge in [0, 0.05) is 25.0 Å². The maximum absolute atomic E-state index is 10.1. The van der Waals surface area contributed by atoms with Gasteiger partial charge in [-0.05, 0) is 63.0 Å². The number of phenols is 1. The second kappa shape index (κ2) is 7.03. The lowest BCUT2D eigenvalue weighted by Crippen LogP contribution is -2.08. The molecule has 0 aliphatic heterocycles. The van der Waals surface area contributed by atoms with Crippen LogP contribution in [0.4, 0.5) is 5.69 Å². The first-order chi connectivity index (χ1) is 9.92. The summed E-state index contributed by atoms with van der Waals surface area (Å²) in [5.41, 5.74) is 1.73. The van der Waals surface area contributed by atoms with Gasteiger partial charge < -0.3 is 15.2 Å². The first-order valence-electron chi connectivity index (χ1n) is 6.20. The average Bonchev–Trinajstić information content (AvgIpc) is 2.42. The van der Waals surface area contributed by atoms with Gasteiger partial charge in [0.25, 0.3) is 0 Å². The monoisotopic (exact) mass is 477 g/mol. The summed E-state index contributed by atoms with van der Waals surface area (Å²) in [7, 11) is 1.58. The van der Waals surface area contributed by atoms with E-state index in [1.54, 1.807) is 13.2 Å². The van der Waals surface area contributed by atoms with Gasteiger partial charge in [0.1, 0.15) is 11.5 Å². The van der Waals surface area contributed by atoms with E-state index < -0.39 is 0 Å². The van der Waals surface area contributed by atoms with Crippen molar-refractivity contribution in [3.8, 4) is 11.5 Å². The molecule has 0 saturated carbocycles. The van der Waals surface area contributed by atoms with Crippen molar-refractivity contribution in [2.75, 3.05) is 12.4 Å². The molecule has 0 aliphatic rings. The fraction of sp³-hybridized carbons (Fsp3) is 0.200. The molecule has 6 heteroatoms. The Morgan fingerprint density at radius 2 is 1.71 bits per heavy atom. The molecule has 0 aromatic heterocycles. The van der Waals surface area contributed by atoms with Crippen LogP contribution >= 0.6 is 47.8 Å². The predicted octanol–water partition coefficient (Wildman–Crippen LogP) is 5.86. The van der Waals surface area contributed by atoms with Gasteiger partial charge in [0.15, 0.2) is 0 Å². The molecule has 0 saturated heterocycles. The third-order valence-corrected chi connectivity index (χ3v) is 4.78. The zero-order valence-corrected chi connectivity index (χ0v) is 16.2. The third kappa shape index (κ3) is 3.93. The highest BCUT2D eigenvalue weighted by Gasteiger charge is 2.14. The SMILES string of the molecule is COc1ccc(C(C)Nc2c(Br)cc(Br)cc2Br)c(O)c1. The number of benzene rings is 2. The molecule has 0 heterocycles. The Kier molecular flexibility index (Phi) is 5.57. The molecule has 3 nitrogen and oxygen atoms in total. The van der Waals surface area contributed by atoms with E-state index in [1.165, 1.54) is 0 Å². The average molecular weight is 480 g/mol. The van der Waals surface area contributed by atoms with Crippen molar-refractivity contribution in [3.05, 3.63) is 49.3 Å². The Bertz CT molecular complexity index is 638. The van der Waals surface area contributed by atoms with Crippen molar-refractivity contribution in [2.24, 2.45) is 0 Å². The van der Waals surface area contributed by atoms with Crippen LogP contribution in [0.2, 0.25) is 0 Å². The number of anilines is 1. The van der Waals surface area contributed by atoms with Crippen LogP contribution in [0.1, 0.15) is 18.5 Å². The highest BCUT2D eigenvalue weighted by atomic mass is 79.9. The highest BCUT2D eigenvalue weighted by molar-refractivity contribution is 9.11. The van der Waals surface area contributed by atoms with Gasteiger partial charge in [0.2, 0.25) is 0 Å². The minimum atomic E-state index is -0.0651. The number of rotatable bonds is 4. The fourth-order valence-corrected chi connectivity index (χ4v) is 4.48. The molecule has 1 unspecified atom stereocenters. The maximum Gasteiger partial charge on any atom is 0.124 e. The van der Waals surface area contributed by atoms with E-state index in [9.17, 15) is 5.11 Å². The number of ether oxygens (including phenoxy) is 1. The van der Waals surface area contributed by atoms with Gasteiger partial charge in [-0.2, -0.15) is 0 Å². The molecule has 2 aromatic rings.